The summed E-state index contributed by atoms with van der Waals surface area (Å²) < 4.78 is 5.53. The van der Waals surface area contributed by atoms with E-state index >= 15 is 0 Å². The second kappa shape index (κ2) is 6.10. The first-order valence-corrected chi connectivity index (χ1v) is 7.14. The van der Waals surface area contributed by atoms with Crippen molar-refractivity contribution >= 4 is 17.7 Å². The van der Waals surface area contributed by atoms with E-state index in [-0.39, 0.29) is 6.10 Å². The van der Waals surface area contributed by atoms with E-state index in [4.69, 9.17) is 4.74 Å². The van der Waals surface area contributed by atoms with Crippen molar-refractivity contribution in [3.63, 3.8) is 0 Å². The summed E-state index contributed by atoms with van der Waals surface area (Å²) in [5.41, 5.74) is 0. The minimum Gasteiger partial charge on any atom is -0.475 e. The lowest BCUT2D eigenvalue weighted by Crippen LogP contribution is -2.16. The second-order valence-corrected chi connectivity index (χ2v) is 5.81. The molecule has 0 radical (unpaired) electrons. The van der Waals surface area contributed by atoms with Crippen LogP contribution >= 0.6 is 11.8 Å². The van der Waals surface area contributed by atoms with Crippen LogP contribution in [0, 0.1) is 0 Å². The Labute approximate surface area is 107 Å². The van der Waals surface area contributed by atoms with Gasteiger partial charge < -0.3 is 10.1 Å². The highest BCUT2D eigenvalue weighted by Gasteiger charge is 2.15. The van der Waals surface area contributed by atoms with E-state index in [2.05, 4.69) is 15.3 Å². The maximum Gasteiger partial charge on any atom is 0.225 e. The summed E-state index contributed by atoms with van der Waals surface area (Å²) in [4.78, 5) is 8.52. The molecule has 1 aromatic heterocycles. The number of ether oxygens (including phenoxy) is 1. The molecule has 0 aliphatic carbocycles. The molecule has 2 rings (SSSR count). The van der Waals surface area contributed by atoms with E-state index in [1.807, 2.05) is 25.6 Å². The molecule has 0 aromatic carbocycles. The number of nitrogens with zero attached hydrogens (tertiary/aromatic N) is 2. The lowest BCUT2D eigenvalue weighted by Gasteiger charge is -2.12. The van der Waals surface area contributed by atoms with Gasteiger partial charge in [0.05, 0.1) is 6.10 Å². The molecule has 1 saturated heterocycles. The highest BCUT2D eigenvalue weighted by molar-refractivity contribution is 8.00. The van der Waals surface area contributed by atoms with E-state index in [9.17, 15) is 0 Å². The monoisotopic (exact) mass is 253 g/mol. The van der Waals surface area contributed by atoms with Gasteiger partial charge in [-0.2, -0.15) is 16.7 Å². The third-order valence-electron chi connectivity index (χ3n) is 2.50. The molecule has 0 bridgehead atoms. The van der Waals surface area contributed by atoms with Gasteiger partial charge in [0.25, 0.3) is 0 Å². The van der Waals surface area contributed by atoms with Gasteiger partial charge in [-0.1, -0.05) is 0 Å². The maximum absolute atomic E-state index is 5.53. The van der Waals surface area contributed by atoms with E-state index in [1.165, 1.54) is 18.6 Å². The first kappa shape index (κ1) is 12.5. The summed E-state index contributed by atoms with van der Waals surface area (Å²) in [6.45, 7) is 4.92. The molecule has 1 atom stereocenters. The summed E-state index contributed by atoms with van der Waals surface area (Å²) in [5, 5.41) is 3.98. The second-order valence-electron chi connectivity index (χ2n) is 4.40. The van der Waals surface area contributed by atoms with Gasteiger partial charge in [-0.25, -0.2) is 4.98 Å². The van der Waals surface area contributed by atoms with Crippen molar-refractivity contribution < 1.29 is 4.74 Å². The summed E-state index contributed by atoms with van der Waals surface area (Å²) >= 11 is 2.03. The Morgan fingerprint density at radius 3 is 3.18 bits per heavy atom. The standard InChI is InChI=1S/C12H19N3OS/c1-9(2)16-11-5-6-13-12(15-11)14-8-10-4-3-7-17-10/h5-6,9-10H,3-4,7-8H2,1-2H3,(H,13,14,15). The largest absolute Gasteiger partial charge is 0.475 e. The highest BCUT2D eigenvalue weighted by Crippen LogP contribution is 2.26. The van der Waals surface area contributed by atoms with E-state index in [0.29, 0.717) is 17.1 Å². The van der Waals surface area contributed by atoms with Crippen molar-refractivity contribution in [2.45, 2.75) is 38.0 Å². The number of anilines is 1. The van der Waals surface area contributed by atoms with Gasteiger partial charge in [0, 0.05) is 24.1 Å². The molecule has 1 aromatic rings. The van der Waals surface area contributed by atoms with Crippen LogP contribution in [-0.2, 0) is 0 Å². The molecule has 0 spiro atoms. The van der Waals surface area contributed by atoms with Crippen molar-refractivity contribution in [2.24, 2.45) is 0 Å². The topological polar surface area (TPSA) is 47.0 Å². The number of thioether (sulfide) groups is 1. The zero-order chi connectivity index (χ0) is 12.1. The highest BCUT2D eigenvalue weighted by atomic mass is 32.2. The smallest absolute Gasteiger partial charge is 0.225 e. The van der Waals surface area contributed by atoms with Gasteiger partial charge in [0.2, 0.25) is 11.8 Å². The first-order valence-electron chi connectivity index (χ1n) is 6.09. The van der Waals surface area contributed by atoms with Crippen molar-refractivity contribution in [1.29, 1.82) is 0 Å². The number of hydrogen-bond acceptors (Lipinski definition) is 5. The van der Waals surface area contributed by atoms with Crippen LogP contribution in [0.25, 0.3) is 0 Å². The van der Waals surface area contributed by atoms with Gasteiger partial charge in [-0.3, -0.25) is 0 Å². The SMILES string of the molecule is CC(C)Oc1ccnc(NCC2CCCS2)n1. The molecular formula is C12H19N3OS. The molecular weight excluding hydrogens is 234 g/mol. The van der Waals surface area contributed by atoms with Gasteiger partial charge >= 0.3 is 0 Å². The molecule has 5 heteroatoms. The third kappa shape index (κ3) is 4.07. The Balaban J connectivity index is 1.86. The van der Waals surface area contributed by atoms with Crippen molar-refractivity contribution in [2.75, 3.05) is 17.6 Å². The average molecular weight is 253 g/mol. The summed E-state index contributed by atoms with van der Waals surface area (Å²) in [6, 6.07) is 1.79. The van der Waals surface area contributed by atoms with Crippen LogP contribution in [0.2, 0.25) is 0 Å². The summed E-state index contributed by atoms with van der Waals surface area (Å²) in [5.74, 6) is 2.58. The minimum absolute atomic E-state index is 0.142. The van der Waals surface area contributed by atoms with Crippen LogP contribution < -0.4 is 10.1 Å². The van der Waals surface area contributed by atoms with E-state index in [1.54, 1.807) is 12.3 Å². The zero-order valence-electron chi connectivity index (χ0n) is 10.3. The average Bonchev–Trinajstić information content (AvgIpc) is 2.79. The molecule has 4 nitrogen and oxygen atoms in total. The normalized spacial score (nSPS) is 19.6. The Kier molecular flexibility index (Phi) is 4.48. The van der Waals surface area contributed by atoms with Gasteiger partial charge in [-0.15, -0.1) is 0 Å². The number of aromatic nitrogens is 2. The molecule has 1 aliphatic heterocycles. The Hall–Kier alpha value is -0.970. The molecule has 17 heavy (non-hydrogen) atoms. The summed E-state index contributed by atoms with van der Waals surface area (Å²) in [6.07, 6.45) is 4.49. The fourth-order valence-electron chi connectivity index (χ4n) is 1.74. The zero-order valence-corrected chi connectivity index (χ0v) is 11.2. The number of rotatable bonds is 5. The molecule has 0 amide bonds. The fraction of sp³-hybridized carbons (Fsp3) is 0.667. The molecule has 1 N–H and O–H groups in total. The Morgan fingerprint density at radius 2 is 2.47 bits per heavy atom. The van der Waals surface area contributed by atoms with Crippen molar-refractivity contribution in [3.05, 3.63) is 12.3 Å². The predicted molar refractivity (Wildman–Crippen MR) is 71.8 cm³/mol. The van der Waals surface area contributed by atoms with Crippen LogP contribution in [0.3, 0.4) is 0 Å². The Bertz CT molecular complexity index is 353. The van der Waals surface area contributed by atoms with Crippen molar-refractivity contribution in [1.82, 2.24) is 9.97 Å². The van der Waals surface area contributed by atoms with Crippen LogP contribution in [0.1, 0.15) is 26.7 Å². The van der Waals surface area contributed by atoms with Crippen LogP contribution in [0.5, 0.6) is 5.88 Å². The number of hydrogen-bond donors (Lipinski definition) is 1. The molecule has 1 aliphatic rings. The first-order chi connectivity index (χ1) is 8.24. The van der Waals surface area contributed by atoms with Crippen LogP contribution in [0.15, 0.2) is 12.3 Å². The maximum atomic E-state index is 5.53. The third-order valence-corrected chi connectivity index (χ3v) is 3.90. The van der Waals surface area contributed by atoms with Crippen molar-refractivity contribution in [3.8, 4) is 5.88 Å². The van der Waals surface area contributed by atoms with Gasteiger partial charge in [0.1, 0.15) is 0 Å². The molecule has 0 saturated carbocycles. The molecule has 1 unspecified atom stereocenters. The fourth-order valence-corrected chi connectivity index (χ4v) is 2.95. The molecule has 1 fully saturated rings. The number of nitrogens with one attached hydrogen (secondary N) is 1. The van der Waals surface area contributed by atoms with Crippen LogP contribution in [0.4, 0.5) is 5.95 Å². The minimum atomic E-state index is 0.142. The van der Waals surface area contributed by atoms with E-state index < -0.39 is 0 Å². The van der Waals surface area contributed by atoms with E-state index in [0.717, 1.165) is 6.54 Å². The molecule has 2 heterocycles. The van der Waals surface area contributed by atoms with Gasteiger partial charge in [-0.05, 0) is 32.4 Å². The lowest BCUT2D eigenvalue weighted by atomic mass is 10.2. The lowest BCUT2D eigenvalue weighted by molar-refractivity contribution is 0.232. The quantitative estimate of drug-likeness (QED) is 0.874. The Morgan fingerprint density at radius 1 is 1.59 bits per heavy atom. The van der Waals surface area contributed by atoms with Crippen LogP contribution in [-0.4, -0.2) is 33.6 Å². The predicted octanol–water partition coefficient (Wildman–Crippen LogP) is 2.57. The van der Waals surface area contributed by atoms with Gasteiger partial charge in [0.15, 0.2) is 0 Å². The molecule has 94 valence electrons. The summed E-state index contributed by atoms with van der Waals surface area (Å²) in [7, 11) is 0.